The van der Waals surface area contributed by atoms with Gasteiger partial charge in [-0.05, 0) is 23.6 Å². The Hall–Kier alpha value is -3.10. The van der Waals surface area contributed by atoms with E-state index in [4.69, 9.17) is 0 Å². The number of benzene rings is 2. The van der Waals surface area contributed by atoms with E-state index in [0.29, 0.717) is 25.2 Å². The average molecular weight is 407 g/mol. The first-order chi connectivity index (χ1) is 14.6. The highest BCUT2D eigenvalue weighted by atomic mass is 16.3. The van der Waals surface area contributed by atoms with Crippen molar-refractivity contribution < 1.29 is 15.0 Å². The number of rotatable bonds is 6. The zero-order chi connectivity index (χ0) is 21.0. The summed E-state index contributed by atoms with van der Waals surface area (Å²) in [6.07, 6.45) is 0.231. The number of aliphatic hydroxyl groups is 2. The molecule has 2 heterocycles. The summed E-state index contributed by atoms with van der Waals surface area (Å²) >= 11 is 0. The van der Waals surface area contributed by atoms with Gasteiger partial charge in [-0.1, -0.05) is 60.7 Å². The van der Waals surface area contributed by atoms with E-state index in [9.17, 15) is 15.0 Å². The lowest BCUT2D eigenvalue weighted by Gasteiger charge is -2.45. The van der Waals surface area contributed by atoms with Gasteiger partial charge in [-0.25, -0.2) is 0 Å². The molecule has 0 unspecified atom stereocenters. The molecular weight excluding hydrogens is 382 g/mol. The number of likely N-dealkylation sites (tertiary alicyclic amines) is 1. The van der Waals surface area contributed by atoms with E-state index in [1.807, 2.05) is 60.7 Å². The van der Waals surface area contributed by atoms with Crippen LogP contribution in [0.4, 0.5) is 0 Å². The van der Waals surface area contributed by atoms with E-state index in [2.05, 4.69) is 15.4 Å². The number of hydrogen-bond donors (Lipinski definition) is 2. The summed E-state index contributed by atoms with van der Waals surface area (Å²) in [5.74, 6) is 0.302. The molecule has 3 aromatic rings. The molecule has 1 amide bonds. The minimum Gasteiger partial charge on any atom is -0.396 e. The van der Waals surface area contributed by atoms with Crippen molar-refractivity contribution in [2.24, 2.45) is 5.41 Å². The molecule has 30 heavy (non-hydrogen) atoms. The van der Waals surface area contributed by atoms with Crippen molar-refractivity contribution in [2.75, 3.05) is 19.7 Å². The maximum atomic E-state index is 12.9. The van der Waals surface area contributed by atoms with Crippen molar-refractivity contribution in [1.29, 1.82) is 0 Å². The summed E-state index contributed by atoms with van der Waals surface area (Å²) in [6.45, 7) is 0.463. The van der Waals surface area contributed by atoms with Crippen LogP contribution < -0.4 is 0 Å². The number of hydrogen-bond acceptors (Lipinski definition) is 6. The number of amides is 1. The van der Waals surface area contributed by atoms with Crippen LogP contribution >= 0.6 is 0 Å². The Morgan fingerprint density at radius 2 is 1.80 bits per heavy atom. The van der Waals surface area contributed by atoms with Crippen molar-refractivity contribution >= 4 is 5.91 Å². The standard InChI is InChI=1S/C22H25N5O3/c28-16-22(13-17-7-3-1-4-8-17)15-26(12-11-19(22)29)20(30)14-27-24-21(23-25-27)18-9-5-2-6-10-18/h1-10,19,28-29H,11-16H2/t19-,22+/m1/s1. The fourth-order valence-electron chi connectivity index (χ4n) is 3.98. The lowest BCUT2D eigenvalue weighted by Crippen LogP contribution is -2.56. The molecule has 1 fully saturated rings. The molecule has 0 bridgehead atoms. The summed E-state index contributed by atoms with van der Waals surface area (Å²) in [7, 11) is 0. The maximum absolute atomic E-state index is 12.9. The predicted octanol–water partition coefficient (Wildman–Crippen LogP) is 1.15. The molecule has 2 aromatic carbocycles. The molecule has 1 aliphatic rings. The van der Waals surface area contributed by atoms with E-state index in [0.717, 1.165) is 11.1 Å². The van der Waals surface area contributed by atoms with Crippen LogP contribution in [0.3, 0.4) is 0 Å². The number of tetrazole rings is 1. The normalized spacial score (nSPS) is 21.5. The van der Waals surface area contributed by atoms with Gasteiger partial charge in [0.25, 0.3) is 0 Å². The van der Waals surface area contributed by atoms with Gasteiger partial charge in [-0.15, -0.1) is 10.2 Å². The highest BCUT2D eigenvalue weighted by Crippen LogP contribution is 2.34. The molecular formula is C22H25N5O3. The van der Waals surface area contributed by atoms with Crippen molar-refractivity contribution in [1.82, 2.24) is 25.1 Å². The highest BCUT2D eigenvalue weighted by molar-refractivity contribution is 5.76. The minimum absolute atomic E-state index is 0.0389. The van der Waals surface area contributed by atoms with Crippen LogP contribution in [0.2, 0.25) is 0 Å². The lowest BCUT2D eigenvalue weighted by molar-refractivity contribution is -0.143. The molecule has 8 nitrogen and oxygen atoms in total. The Morgan fingerprint density at radius 1 is 1.10 bits per heavy atom. The van der Waals surface area contributed by atoms with Crippen LogP contribution in [0.15, 0.2) is 60.7 Å². The second kappa shape index (κ2) is 8.73. The third kappa shape index (κ3) is 4.24. The highest BCUT2D eigenvalue weighted by Gasteiger charge is 2.43. The van der Waals surface area contributed by atoms with Crippen LogP contribution in [0, 0.1) is 5.41 Å². The molecule has 0 aliphatic carbocycles. The van der Waals surface area contributed by atoms with Gasteiger partial charge < -0.3 is 15.1 Å². The number of carbonyl (C=O) groups excluding carboxylic acids is 1. The fourth-order valence-corrected chi connectivity index (χ4v) is 3.98. The van der Waals surface area contributed by atoms with Gasteiger partial charge in [0.1, 0.15) is 6.54 Å². The van der Waals surface area contributed by atoms with Gasteiger partial charge in [-0.2, -0.15) is 4.80 Å². The van der Waals surface area contributed by atoms with E-state index in [1.165, 1.54) is 4.80 Å². The van der Waals surface area contributed by atoms with E-state index in [1.54, 1.807) is 4.90 Å². The Kier molecular flexibility index (Phi) is 5.87. The first-order valence-corrected chi connectivity index (χ1v) is 10.0. The van der Waals surface area contributed by atoms with Crippen molar-refractivity contribution in [3.05, 3.63) is 66.2 Å². The lowest BCUT2D eigenvalue weighted by atomic mass is 9.73. The number of piperidine rings is 1. The summed E-state index contributed by atoms with van der Waals surface area (Å²) in [4.78, 5) is 15.9. The van der Waals surface area contributed by atoms with Crippen LogP contribution in [-0.4, -0.2) is 67.0 Å². The minimum atomic E-state index is -0.791. The molecule has 156 valence electrons. The van der Waals surface area contributed by atoms with Gasteiger partial charge >= 0.3 is 0 Å². The van der Waals surface area contributed by atoms with Crippen molar-refractivity contribution in [3.63, 3.8) is 0 Å². The molecule has 1 aromatic heterocycles. The van der Waals surface area contributed by atoms with Crippen LogP contribution in [0.1, 0.15) is 12.0 Å². The van der Waals surface area contributed by atoms with Gasteiger partial charge in [0.15, 0.2) is 0 Å². The molecule has 0 radical (unpaired) electrons. The number of aromatic nitrogens is 4. The monoisotopic (exact) mass is 407 g/mol. The Labute approximate surface area is 174 Å². The van der Waals surface area contributed by atoms with E-state index < -0.39 is 11.5 Å². The number of nitrogens with zero attached hydrogens (tertiary/aromatic N) is 5. The molecule has 0 saturated carbocycles. The third-order valence-corrected chi connectivity index (χ3v) is 5.71. The van der Waals surface area contributed by atoms with Gasteiger partial charge in [-0.3, -0.25) is 4.79 Å². The topological polar surface area (TPSA) is 104 Å². The SMILES string of the molecule is O=C(Cn1nnc(-c2ccccc2)n1)N1CC[C@@H](O)[C@@](CO)(Cc2ccccc2)C1. The summed E-state index contributed by atoms with van der Waals surface area (Å²) in [6, 6.07) is 19.2. The van der Waals surface area contributed by atoms with Crippen LogP contribution in [0.5, 0.6) is 0 Å². The van der Waals surface area contributed by atoms with Crippen LogP contribution in [0.25, 0.3) is 11.4 Å². The van der Waals surface area contributed by atoms with Gasteiger partial charge in [0, 0.05) is 24.1 Å². The zero-order valence-electron chi connectivity index (χ0n) is 16.6. The quantitative estimate of drug-likeness (QED) is 0.635. The van der Waals surface area contributed by atoms with E-state index >= 15 is 0 Å². The first kappa shape index (κ1) is 20.2. The second-order valence-electron chi connectivity index (χ2n) is 7.81. The zero-order valence-corrected chi connectivity index (χ0v) is 16.6. The predicted molar refractivity (Wildman–Crippen MR) is 110 cm³/mol. The maximum Gasteiger partial charge on any atom is 0.246 e. The van der Waals surface area contributed by atoms with E-state index in [-0.39, 0.29) is 25.6 Å². The first-order valence-electron chi connectivity index (χ1n) is 10.0. The molecule has 8 heteroatoms. The van der Waals surface area contributed by atoms with Crippen molar-refractivity contribution in [2.45, 2.75) is 25.5 Å². The molecule has 1 saturated heterocycles. The second-order valence-corrected chi connectivity index (χ2v) is 7.81. The van der Waals surface area contributed by atoms with Gasteiger partial charge in [0.05, 0.1) is 12.7 Å². The molecule has 2 atom stereocenters. The van der Waals surface area contributed by atoms with Crippen LogP contribution in [-0.2, 0) is 17.8 Å². The summed E-state index contributed by atoms with van der Waals surface area (Å²) in [5.41, 5.74) is 1.06. The summed E-state index contributed by atoms with van der Waals surface area (Å²) < 4.78 is 0. The number of carbonyl (C=O) groups is 1. The fraction of sp³-hybridized carbons (Fsp3) is 0.364. The molecule has 1 aliphatic heterocycles. The molecule has 2 N–H and O–H groups in total. The average Bonchev–Trinajstić information content (AvgIpc) is 3.25. The smallest absolute Gasteiger partial charge is 0.246 e. The van der Waals surface area contributed by atoms with Crippen molar-refractivity contribution in [3.8, 4) is 11.4 Å². The third-order valence-electron chi connectivity index (χ3n) is 5.71. The molecule has 0 spiro atoms. The molecule has 4 rings (SSSR count). The number of aliphatic hydroxyl groups excluding tert-OH is 2. The van der Waals surface area contributed by atoms with Gasteiger partial charge in [0.2, 0.25) is 11.7 Å². The Bertz CT molecular complexity index is 979. The Morgan fingerprint density at radius 3 is 2.50 bits per heavy atom. The summed E-state index contributed by atoms with van der Waals surface area (Å²) in [5, 5.41) is 33.1. The largest absolute Gasteiger partial charge is 0.396 e. The Balaban J connectivity index is 1.46.